The van der Waals surface area contributed by atoms with Crippen LogP contribution in [-0.2, 0) is 7.05 Å². The molecule has 1 rings (SSSR count). The molecule has 0 unspecified atom stereocenters. The van der Waals surface area contributed by atoms with Crippen LogP contribution in [0.2, 0.25) is 0 Å². The molecule has 0 aromatic carbocycles. The molecular formula is C5H3Cl2N3O2. The van der Waals surface area contributed by atoms with Gasteiger partial charge in [0.05, 0.1) is 0 Å². The summed E-state index contributed by atoms with van der Waals surface area (Å²) in [6.45, 7) is 0. The molecule has 5 nitrogen and oxygen atoms in total. The Morgan fingerprint density at radius 3 is 1.75 bits per heavy atom. The standard InChI is InChI=1S/C5H3Cl2N3O2/c1-10-8-2(4(6)11)3(9-10)5(7)12/h1H3. The first-order valence-electron chi connectivity index (χ1n) is 2.83. The van der Waals surface area contributed by atoms with Crippen LogP contribution in [-0.4, -0.2) is 25.5 Å². The number of halogens is 2. The SMILES string of the molecule is Cn1nc(C(=O)Cl)c(C(=O)Cl)n1. The molecule has 1 aromatic heterocycles. The highest BCUT2D eigenvalue weighted by molar-refractivity contribution is 6.71. The summed E-state index contributed by atoms with van der Waals surface area (Å²) < 4.78 is 0. The molecule has 0 aliphatic carbocycles. The van der Waals surface area contributed by atoms with Gasteiger partial charge in [-0.2, -0.15) is 4.80 Å². The van der Waals surface area contributed by atoms with Crippen molar-refractivity contribution in [3.8, 4) is 0 Å². The lowest BCUT2D eigenvalue weighted by Crippen LogP contribution is -1.99. The van der Waals surface area contributed by atoms with Gasteiger partial charge in [0.25, 0.3) is 10.5 Å². The second kappa shape index (κ2) is 3.20. The van der Waals surface area contributed by atoms with Gasteiger partial charge in [-0.1, -0.05) is 0 Å². The van der Waals surface area contributed by atoms with E-state index < -0.39 is 10.5 Å². The van der Waals surface area contributed by atoms with Gasteiger partial charge in [-0.3, -0.25) is 9.59 Å². The molecule has 64 valence electrons. The van der Waals surface area contributed by atoms with Crippen LogP contribution in [0, 0.1) is 0 Å². The Hall–Kier alpha value is -0.940. The zero-order valence-electron chi connectivity index (χ0n) is 5.91. The minimum absolute atomic E-state index is 0.223. The summed E-state index contributed by atoms with van der Waals surface area (Å²) in [6, 6.07) is 0. The van der Waals surface area contributed by atoms with Crippen molar-refractivity contribution >= 4 is 33.7 Å². The van der Waals surface area contributed by atoms with Gasteiger partial charge < -0.3 is 0 Å². The molecule has 1 aromatic rings. The van der Waals surface area contributed by atoms with Crippen molar-refractivity contribution in [2.75, 3.05) is 0 Å². The van der Waals surface area contributed by atoms with Gasteiger partial charge in [0, 0.05) is 7.05 Å². The Labute approximate surface area is 77.3 Å². The zero-order valence-corrected chi connectivity index (χ0v) is 7.43. The number of aromatic nitrogens is 3. The van der Waals surface area contributed by atoms with E-state index in [4.69, 9.17) is 23.2 Å². The molecule has 12 heavy (non-hydrogen) atoms. The molecule has 0 fully saturated rings. The molecule has 0 atom stereocenters. The number of hydrogen-bond donors (Lipinski definition) is 0. The monoisotopic (exact) mass is 207 g/mol. The summed E-state index contributed by atoms with van der Waals surface area (Å²) in [5, 5.41) is 5.39. The minimum atomic E-state index is -0.855. The maximum Gasteiger partial charge on any atom is 0.275 e. The van der Waals surface area contributed by atoms with Crippen molar-refractivity contribution in [2.45, 2.75) is 0 Å². The molecule has 0 amide bonds. The van der Waals surface area contributed by atoms with E-state index in [0.717, 1.165) is 4.80 Å². The topological polar surface area (TPSA) is 64.8 Å². The summed E-state index contributed by atoms with van der Waals surface area (Å²) in [5.41, 5.74) is -0.446. The van der Waals surface area contributed by atoms with Crippen molar-refractivity contribution < 1.29 is 9.59 Å². The highest BCUT2D eigenvalue weighted by Gasteiger charge is 2.20. The first-order valence-corrected chi connectivity index (χ1v) is 3.59. The summed E-state index contributed by atoms with van der Waals surface area (Å²) in [4.78, 5) is 22.3. The number of nitrogens with zero attached hydrogens (tertiary/aromatic N) is 3. The van der Waals surface area contributed by atoms with Crippen LogP contribution >= 0.6 is 23.2 Å². The molecule has 0 aliphatic heterocycles. The summed E-state index contributed by atoms with van der Waals surface area (Å²) >= 11 is 10.2. The molecule has 0 bridgehead atoms. The summed E-state index contributed by atoms with van der Waals surface area (Å²) in [5.74, 6) is 0. The first kappa shape index (κ1) is 9.15. The Balaban J connectivity index is 3.26. The van der Waals surface area contributed by atoms with Gasteiger partial charge >= 0.3 is 0 Å². The molecule has 0 spiro atoms. The quantitative estimate of drug-likeness (QED) is 0.666. The van der Waals surface area contributed by atoms with Gasteiger partial charge in [-0.05, 0) is 23.2 Å². The van der Waals surface area contributed by atoms with Crippen molar-refractivity contribution in [1.29, 1.82) is 0 Å². The number of aryl methyl sites for hydroxylation is 1. The molecule has 0 N–H and O–H groups in total. The molecule has 7 heteroatoms. The molecule has 0 saturated heterocycles. The fourth-order valence-electron chi connectivity index (χ4n) is 0.671. The largest absolute Gasteiger partial charge is 0.275 e. The second-order valence-electron chi connectivity index (χ2n) is 1.93. The summed E-state index contributed by atoms with van der Waals surface area (Å²) in [7, 11) is 1.45. The first-order chi connectivity index (χ1) is 5.52. The molecule has 1 heterocycles. The van der Waals surface area contributed by atoms with E-state index >= 15 is 0 Å². The van der Waals surface area contributed by atoms with Gasteiger partial charge in [-0.25, -0.2) is 0 Å². The van der Waals surface area contributed by atoms with Crippen LogP contribution in [0.3, 0.4) is 0 Å². The fourth-order valence-corrected chi connectivity index (χ4v) is 0.926. The van der Waals surface area contributed by atoms with Crippen LogP contribution in [0.15, 0.2) is 0 Å². The molecule has 0 aliphatic rings. The average Bonchev–Trinajstić information content (AvgIpc) is 2.31. The third kappa shape index (κ3) is 1.62. The van der Waals surface area contributed by atoms with E-state index in [2.05, 4.69) is 10.2 Å². The predicted octanol–water partition coefficient (Wildman–Crippen LogP) is 0.573. The number of rotatable bonds is 2. The van der Waals surface area contributed by atoms with Gasteiger partial charge in [-0.15, -0.1) is 10.2 Å². The lowest BCUT2D eigenvalue weighted by molar-refractivity contribution is 0.104. The lowest BCUT2D eigenvalue weighted by Gasteiger charge is -1.84. The third-order valence-corrected chi connectivity index (χ3v) is 1.44. The number of hydrogen-bond acceptors (Lipinski definition) is 4. The zero-order chi connectivity index (χ0) is 9.30. The van der Waals surface area contributed by atoms with Crippen molar-refractivity contribution in [1.82, 2.24) is 15.0 Å². The maximum atomic E-state index is 10.6. The Kier molecular flexibility index (Phi) is 2.44. The van der Waals surface area contributed by atoms with Crippen molar-refractivity contribution in [3.05, 3.63) is 11.4 Å². The smallest absolute Gasteiger partial charge is 0.274 e. The van der Waals surface area contributed by atoms with Crippen LogP contribution in [0.5, 0.6) is 0 Å². The molecular weight excluding hydrogens is 205 g/mol. The Morgan fingerprint density at radius 1 is 1.17 bits per heavy atom. The maximum absolute atomic E-state index is 10.6. The van der Waals surface area contributed by atoms with Gasteiger partial charge in [0.2, 0.25) is 0 Å². The fraction of sp³-hybridized carbons (Fsp3) is 0.200. The van der Waals surface area contributed by atoms with Crippen LogP contribution < -0.4 is 0 Å². The highest BCUT2D eigenvalue weighted by atomic mass is 35.5. The van der Waals surface area contributed by atoms with E-state index in [1.54, 1.807) is 0 Å². The average molecular weight is 208 g/mol. The predicted molar refractivity (Wildman–Crippen MR) is 41.4 cm³/mol. The highest BCUT2D eigenvalue weighted by Crippen LogP contribution is 2.08. The number of carbonyl (C=O) groups excluding carboxylic acids is 2. The molecule has 0 saturated carbocycles. The van der Waals surface area contributed by atoms with E-state index in [-0.39, 0.29) is 11.4 Å². The van der Waals surface area contributed by atoms with Gasteiger partial charge in [0.15, 0.2) is 11.4 Å². The van der Waals surface area contributed by atoms with E-state index in [1.807, 2.05) is 0 Å². The minimum Gasteiger partial charge on any atom is -0.274 e. The van der Waals surface area contributed by atoms with Crippen LogP contribution in [0.1, 0.15) is 21.0 Å². The Bertz CT molecular complexity index is 315. The van der Waals surface area contributed by atoms with E-state index in [0.29, 0.717) is 0 Å². The van der Waals surface area contributed by atoms with Crippen molar-refractivity contribution in [2.24, 2.45) is 7.05 Å². The Morgan fingerprint density at radius 2 is 1.50 bits per heavy atom. The molecule has 0 radical (unpaired) electrons. The number of carbonyl (C=O) groups is 2. The van der Waals surface area contributed by atoms with Crippen LogP contribution in [0.25, 0.3) is 0 Å². The summed E-state index contributed by atoms with van der Waals surface area (Å²) in [6.07, 6.45) is 0. The van der Waals surface area contributed by atoms with Crippen molar-refractivity contribution in [3.63, 3.8) is 0 Å². The van der Waals surface area contributed by atoms with E-state index in [9.17, 15) is 9.59 Å². The van der Waals surface area contributed by atoms with E-state index in [1.165, 1.54) is 7.05 Å². The van der Waals surface area contributed by atoms with Gasteiger partial charge in [0.1, 0.15) is 0 Å². The normalized spacial score (nSPS) is 9.92. The third-order valence-electron chi connectivity index (χ3n) is 1.09. The van der Waals surface area contributed by atoms with Crippen LogP contribution in [0.4, 0.5) is 0 Å². The second-order valence-corrected chi connectivity index (χ2v) is 2.62. The lowest BCUT2D eigenvalue weighted by atomic mass is 10.4.